The molecule has 1 aliphatic heterocycles. The predicted octanol–water partition coefficient (Wildman–Crippen LogP) is 2.47. The van der Waals surface area contributed by atoms with E-state index in [-0.39, 0.29) is 0 Å². The fraction of sp³-hybridized carbons (Fsp3) is 0.292. The average molecular weight is 447 g/mol. The van der Waals surface area contributed by atoms with Gasteiger partial charge in [0.2, 0.25) is 0 Å². The van der Waals surface area contributed by atoms with Crippen molar-refractivity contribution in [2.75, 3.05) is 11.9 Å². The summed E-state index contributed by atoms with van der Waals surface area (Å²) in [6, 6.07) is 15.7. The van der Waals surface area contributed by atoms with E-state index in [0.717, 1.165) is 22.4 Å². The van der Waals surface area contributed by atoms with Gasteiger partial charge >= 0.3 is 0 Å². The number of aliphatic hydroxyl groups excluding tert-OH is 3. The zero-order chi connectivity index (χ0) is 23.1. The molecule has 1 aliphatic rings. The van der Waals surface area contributed by atoms with Gasteiger partial charge in [-0.15, -0.1) is 0 Å². The van der Waals surface area contributed by atoms with Gasteiger partial charge in [-0.25, -0.2) is 15.0 Å². The Morgan fingerprint density at radius 1 is 1.00 bits per heavy atom. The zero-order valence-electron chi connectivity index (χ0n) is 18.3. The molecule has 4 atom stereocenters. The lowest BCUT2D eigenvalue weighted by Crippen LogP contribution is -2.33. The molecule has 2 aromatic carbocycles. The molecule has 0 amide bonds. The van der Waals surface area contributed by atoms with Gasteiger partial charge in [-0.1, -0.05) is 35.9 Å². The summed E-state index contributed by atoms with van der Waals surface area (Å²) in [5.74, 6) is 1.02. The SMILES string of the molecule is Cc1cccc(Nc2ncnc3c2nc(-c2cccc(C)c2)n3[C@@H]2O[C@H](CO)[C@@H](O)[C@H]2O)c1. The third kappa shape index (κ3) is 3.85. The van der Waals surface area contributed by atoms with Crippen molar-refractivity contribution >= 4 is 22.7 Å². The van der Waals surface area contributed by atoms with Crippen molar-refractivity contribution < 1.29 is 20.1 Å². The summed E-state index contributed by atoms with van der Waals surface area (Å²) < 4.78 is 7.51. The highest BCUT2D eigenvalue weighted by Gasteiger charge is 2.45. The summed E-state index contributed by atoms with van der Waals surface area (Å²) in [5.41, 5.74) is 4.72. The molecule has 3 heterocycles. The quantitative estimate of drug-likeness (QED) is 0.368. The van der Waals surface area contributed by atoms with E-state index in [4.69, 9.17) is 9.72 Å². The van der Waals surface area contributed by atoms with Gasteiger partial charge in [0.25, 0.3) is 0 Å². The van der Waals surface area contributed by atoms with Crippen LogP contribution in [0.2, 0.25) is 0 Å². The molecule has 0 unspecified atom stereocenters. The molecule has 1 fully saturated rings. The van der Waals surface area contributed by atoms with Crippen molar-refractivity contribution in [2.24, 2.45) is 0 Å². The minimum absolute atomic E-state index is 0.420. The van der Waals surface area contributed by atoms with Gasteiger partial charge in [0.15, 0.2) is 23.2 Å². The number of anilines is 2. The fourth-order valence-electron chi connectivity index (χ4n) is 4.18. The highest BCUT2D eigenvalue weighted by Crippen LogP contribution is 2.37. The van der Waals surface area contributed by atoms with Crippen molar-refractivity contribution in [3.63, 3.8) is 0 Å². The predicted molar refractivity (Wildman–Crippen MR) is 123 cm³/mol. The number of benzene rings is 2. The molecule has 0 saturated carbocycles. The molecule has 1 saturated heterocycles. The molecule has 9 nitrogen and oxygen atoms in total. The van der Waals surface area contributed by atoms with Gasteiger partial charge in [-0.2, -0.15) is 0 Å². The molecule has 5 rings (SSSR count). The van der Waals surface area contributed by atoms with Gasteiger partial charge in [-0.3, -0.25) is 4.57 Å². The zero-order valence-corrected chi connectivity index (χ0v) is 18.3. The monoisotopic (exact) mass is 447 g/mol. The van der Waals surface area contributed by atoms with Crippen LogP contribution in [0.4, 0.5) is 11.5 Å². The van der Waals surface area contributed by atoms with Crippen molar-refractivity contribution in [1.82, 2.24) is 19.5 Å². The Balaban J connectivity index is 1.69. The molecular formula is C24H25N5O4. The van der Waals surface area contributed by atoms with Gasteiger partial charge in [0.05, 0.1) is 6.61 Å². The standard InChI is InChI=1S/C24H25N5O4/c1-13-5-3-7-15(9-13)22-28-18-21(27-16-8-4-6-14(2)10-16)25-12-26-23(18)29(22)24-20(32)19(31)17(11-30)33-24/h3-10,12,17,19-20,24,30-32H,11H2,1-2H3,(H,25,26,27)/t17-,19-,20-,24-/m1/s1. The lowest BCUT2D eigenvalue weighted by molar-refractivity contribution is -0.0503. The van der Waals surface area contributed by atoms with Crippen LogP contribution in [0.3, 0.4) is 0 Å². The largest absolute Gasteiger partial charge is 0.394 e. The molecule has 0 aliphatic carbocycles. The second-order valence-corrected chi connectivity index (χ2v) is 8.29. The van der Waals surface area contributed by atoms with Crippen LogP contribution in [-0.4, -0.2) is 59.8 Å². The maximum atomic E-state index is 10.8. The van der Waals surface area contributed by atoms with Gasteiger partial charge in [0.1, 0.15) is 30.5 Å². The second-order valence-electron chi connectivity index (χ2n) is 8.29. The third-order valence-electron chi connectivity index (χ3n) is 5.81. The van der Waals surface area contributed by atoms with Crippen LogP contribution >= 0.6 is 0 Å². The Morgan fingerprint density at radius 3 is 2.45 bits per heavy atom. The highest BCUT2D eigenvalue weighted by atomic mass is 16.6. The first-order valence-corrected chi connectivity index (χ1v) is 10.7. The van der Waals surface area contributed by atoms with Gasteiger partial charge in [-0.05, 0) is 37.6 Å². The summed E-state index contributed by atoms with van der Waals surface area (Å²) in [4.78, 5) is 13.7. The first kappa shape index (κ1) is 21.5. The Kier molecular flexibility index (Phi) is 5.55. The number of rotatable bonds is 5. The Labute approximate surface area is 190 Å². The van der Waals surface area contributed by atoms with Gasteiger partial charge in [0, 0.05) is 11.3 Å². The summed E-state index contributed by atoms with van der Waals surface area (Å²) in [6.07, 6.45) is -3.00. The van der Waals surface area contributed by atoms with E-state index in [0.29, 0.717) is 22.8 Å². The maximum Gasteiger partial charge on any atom is 0.168 e. The first-order chi connectivity index (χ1) is 16.0. The Morgan fingerprint density at radius 2 is 1.76 bits per heavy atom. The first-order valence-electron chi connectivity index (χ1n) is 10.7. The number of nitrogens with one attached hydrogen (secondary N) is 1. The number of aliphatic hydroxyl groups is 3. The normalized spacial score (nSPS) is 22.7. The summed E-state index contributed by atoms with van der Waals surface area (Å²) >= 11 is 0. The Bertz CT molecular complexity index is 1310. The van der Waals surface area contributed by atoms with Crippen LogP contribution in [0, 0.1) is 13.8 Å². The lowest BCUT2D eigenvalue weighted by atomic mass is 10.1. The summed E-state index contributed by atoms with van der Waals surface area (Å²) in [6.45, 7) is 3.57. The molecule has 0 spiro atoms. The average Bonchev–Trinajstić information content (AvgIpc) is 3.32. The van der Waals surface area contributed by atoms with E-state index in [1.807, 2.05) is 62.4 Å². The van der Waals surface area contributed by atoms with E-state index in [1.54, 1.807) is 4.57 Å². The molecule has 0 radical (unpaired) electrons. The van der Waals surface area contributed by atoms with E-state index < -0.39 is 31.1 Å². The number of fused-ring (bicyclic) bond motifs is 1. The number of aryl methyl sites for hydroxylation is 2. The van der Waals surface area contributed by atoms with Crippen LogP contribution in [0.5, 0.6) is 0 Å². The van der Waals surface area contributed by atoms with Gasteiger partial charge < -0.3 is 25.4 Å². The lowest BCUT2D eigenvalue weighted by Gasteiger charge is -2.19. The molecule has 4 N–H and O–H groups in total. The summed E-state index contributed by atoms with van der Waals surface area (Å²) in [7, 11) is 0. The summed E-state index contributed by atoms with van der Waals surface area (Å²) in [5, 5.41) is 34.0. The molecule has 2 aromatic heterocycles. The molecule has 9 heteroatoms. The van der Waals surface area contributed by atoms with E-state index >= 15 is 0 Å². The number of nitrogens with zero attached hydrogens (tertiary/aromatic N) is 4. The van der Waals surface area contributed by atoms with Crippen LogP contribution in [0.25, 0.3) is 22.6 Å². The molecular weight excluding hydrogens is 422 g/mol. The molecule has 170 valence electrons. The van der Waals surface area contributed by atoms with Crippen molar-refractivity contribution in [3.05, 3.63) is 66.0 Å². The number of hydrogen-bond donors (Lipinski definition) is 4. The van der Waals surface area contributed by atoms with Crippen molar-refractivity contribution in [1.29, 1.82) is 0 Å². The fourth-order valence-corrected chi connectivity index (χ4v) is 4.18. The molecule has 4 aromatic rings. The number of hydrogen-bond acceptors (Lipinski definition) is 8. The Hall–Kier alpha value is -3.37. The number of imidazole rings is 1. The van der Waals surface area contributed by atoms with Crippen LogP contribution in [0.15, 0.2) is 54.9 Å². The van der Waals surface area contributed by atoms with Crippen molar-refractivity contribution in [3.8, 4) is 11.4 Å². The third-order valence-corrected chi connectivity index (χ3v) is 5.81. The molecule has 33 heavy (non-hydrogen) atoms. The number of ether oxygens (including phenoxy) is 1. The van der Waals surface area contributed by atoms with Crippen LogP contribution < -0.4 is 5.32 Å². The number of aromatic nitrogens is 4. The minimum Gasteiger partial charge on any atom is -0.394 e. The second kappa shape index (κ2) is 8.53. The van der Waals surface area contributed by atoms with Crippen LogP contribution in [0.1, 0.15) is 17.4 Å². The minimum atomic E-state index is -1.27. The molecule has 0 bridgehead atoms. The van der Waals surface area contributed by atoms with E-state index in [2.05, 4.69) is 15.3 Å². The smallest absolute Gasteiger partial charge is 0.168 e. The highest BCUT2D eigenvalue weighted by molar-refractivity contribution is 5.88. The topological polar surface area (TPSA) is 126 Å². The maximum absolute atomic E-state index is 10.8. The van der Waals surface area contributed by atoms with Crippen molar-refractivity contribution in [2.45, 2.75) is 38.4 Å². The van der Waals surface area contributed by atoms with E-state index in [1.165, 1.54) is 6.33 Å². The van der Waals surface area contributed by atoms with E-state index in [9.17, 15) is 15.3 Å². The van der Waals surface area contributed by atoms with Crippen LogP contribution in [-0.2, 0) is 4.74 Å².